The summed E-state index contributed by atoms with van der Waals surface area (Å²) in [6.45, 7) is 0. The molecular weight excluding hydrogens is 619 g/mol. The molecule has 0 amide bonds. The predicted molar refractivity (Wildman–Crippen MR) is 213 cm³/mol. The number of fused-ring (bicyclic) bond motifs is 5. The van der Waals surface area contributed by atoms with Crippen molar-refractivity contribution >= 4 is 43.4 Å². The molecule has 0 aliphatic heterocycles. The van der Waals surface area contributed by atoms with Gasteiger partial charge in [-0.25, -0.2) is 0 Å². The summed E-state index contributed by atoms with van der Waals surface area (Å²) >= 11 is 0. The molecule has 0 radical (unpaired) electrons. The minimum atomic E-state index is 0.912. The van der Waals surface area contributed by atoms with Crippen molar-refractivity contribution in [3.63, 3.8) is 0 Å². The van der Waals surface area contributed by atoms with Gasteiger partial charge in [0.25, 0.3) is 0 Å². The number of pyridine rings is 2. The van der Waals surface area contributed by atoms with E-state index in [-0.39, 0.29) is 0 Å². The number of nitrogens with zero attached hydrogens (tertiary/aromatic N) is 3. The van der Waals surface area contributed by atoms with E-state index in [1.807, 2.05) is 30.6 Å². The predicted octanol–water partition coefficient (Wildman–Crippen LogP) is 12.5. The van der Waals surface area contributed by atoms with Crippen LogP contribution in [0.15, 0.2) is 188 Å². The van der Waals surface area contributed by atoms with Crippen molar-refractivity contribution in [3.8, 4) is 50.5 Å². The van der Waals surface area contributed by atoms with Crippen molar-refractivity contribution < 1.29 is 0 Å². The highest BCUT2D eigenvalue weighted by atomic mass is 15.0. The van der Waals surface area contributed by atoms with Crippen LogP contribution >= 0.6 is 0 Å². The average molecular weight is 650 g/mol. The van der Waals surface area contributed by atoms with Crippen molar-refractivity contribution in [1.29, 1.82) is 0 Å². The topological polar surface area (TPSA) is 30.7 Å². The Labute approximate surface area is 295 Å². The highest BCUT2D eigenvalue weighted by molar-refractivity contribution is 6.19. The number of rotatable bonds is 5. The normalized spacial score (nSPS) is 11.5. The second-order valence-electron chi connectivity index (χ2n) is 13.1. The molecule has 51 heavy (non-hydrogen) atoms. The highest BCUT2D eigenvalue weighted by Gasteiger charge is 2.23. The van der Waals surface area contributed by atoms with E-state index in [9.17, 15) is 0 Å². The van der Waals surface area contributed by atoms with Gasteiger partial charge < -0.3 is 4.57 Å². The van der Waals surface area contributed by atoms with Crippen molar-refractivity contribution in [2.75, 3.05) is 0 Å². The zero-order valence-electron chi connectivity index (χ0n) is 27.7. The van der Waals surface area contributed by atoms with Crippen molar-refractivity contribution in [3.05, 3.63) is 188 Å². The Bertz CT molecular complexity index is 2890. The van der Waals surface area contributed by atoms with Crippen LogP contribution in [0.5, 0.6) is 0 Å². The van der Waals surface area contributed by atoms with Gasteiger partial charge in [0.1, 0.15) is 0 Å². The van der Waals surface area contributed by atoms with E-state index in [2.05, 4.69) is 167 Å². The summed E-state index contributed by atoms with van der Waals surface area (Å²) in [5.74, 6) is 0. The molecule has 3 aromatic heterocycles. The maximum Gasteiger partial charge on any atom is 0.0718 e. The van der Waals surface area contributed by atoms with Crippen LogP contribution in [0.2, 0.25) is 0 Å². The maximum atomic E-state index is 4.88. The molecule has 0 saturated carbocycles. The molecule has 0 N–H and O–H groups in total. The Morgan fingerprint density at radius 3 is 1.86 bits per heavy atom. The first-order valence-electron chi connectivity index (χ1n) is 17.3. The van der Waals surface area contributed by atoms with Crippen LogP contribution in [-0.4, -0.2) is 14.5 Å². The molecule has 0 aliphatic rings. The van der Waals surface area contributed by atoms with Crippen molar-refractivity contribution in [1.82, 2.24) is 14.5 Å². The molecule has 3 heterocycles. The van der Waals surface area contributed by atoms with E-state index in [0.717, 1.165) is 39.0 Å². The molecule has 0 unspecified atom stereocenters. The lowest BCUT2D eigenvalue weighted by atomic mass is 9.94. The van der Waals surface area contributed by atoms with Crippen LogP contribution in [0.3, 0.4) is 0 Å². The first kappa shape index (κ1) is 29.1. The molecule has 10 rings (SSSR count). The largest absolute Gasteiger partial charge is 0.309 e. The molecular formula is C48H31N3. The molecule has 0 saturated heterocycles. The zero-order valence-corrected chi connectivity index (χ0v) is 27.7. The van der Waals surface area contributed by atoms with Crippen LogP contribution in [-0.2, 0) is 0 Å². The number of hydrogen-bond acceptors (Lipinski definition) is 2. The first-order chi connectivity index (χ1) is 25.3. The van der Waals surface area contributed by atoms with Gasteiger partial charge in [-0.15, -0.1) is 0 Å². The Morgan fingerprint density at radius 2 is 1.06 bits per heavy atom. The molecule has 0 spiro atoms. The molecule has 3 nitrogen and oxygen atoms in total. The fourth-order valence-corrected chi connectivity index (χ4v) is 7.58. The molecule has 0 bridgehead atoms. The second kappa shape index (κ2) is 11.9. The molecule has 0 aliphatic carbocycles. The third kappa shape index (κ3) is 4.98. The number of aromatic nitrogens is 3. The number of para-hydroxylation sites is 1. The first-order valence-corrected chi connectivity index (χ1v) is 17.3. The van der Waals surface area contributed by atoms with Crippen molar-refractivity contribution in [2.24, 2.45) is 0 Å². The van der Waals surface area contributed by atoms with E-state index in [0.29, 0.717) is 0 Å². The zero-order chi connectivity index (χ0) is 33.7. The summed E-state index contributed by atoms with van der Waals surface area (Å²) in [4.78, 5) is 9.52. The Kier molecular flexibility index (Phi) is 6.81. The quantitative estimate of drug-likeness (QED) is 0.186. The minimum absolute atomic E-state index is 0.912. The minimum Gasteiger partial charge on any atom is -0.309 e. The van der Waals surface area contributed by atoms with Crippen LogP contribution in [0.1, 0.15) is 0 Å². The summed E-state index contributed by atoms with van der Waals surface area (Å²) in [7, 11) is 0. The van der Waals surface area contributed by atoms with Crippen LogP contribution in [0.4, 0.5) is 0 Å². The fourth-order valence-electron chi connectivity index (χ4n) is 7.58. The van der Waals surface area contributed by atoms with Crippen molar-refractivity contribution in [2.45, 2.75) is 0 Å². The van der Waals surface area contributed by atoms with Gasteiger partial charge in [0.15, 0.2) is 0 Å². The molecule has 0 fully saturated rings. The van der Waals surface area contributed by atoms with E-state index < -0.39 is 0 Å². The van der Waals surface area contributed by atoms with E-state index in [1.54, 1.807) is 0 Å². The van der Waals surface area contributed by atoms with Gasteiger partial charge in [-0.3, -0.25) is 9.97 Å². The van der Waals surface area contributed by atoms with E-state index in [1.165, 1.54) is 54.8 Å². The number of benzene rings is 7. The summed E-state index contributed by atoms with van der Waals surface area (Å²) < 4.78 is 2.46. The second-order valence-corrected chi connectivity index (χ2v) is 13.1. The van der Waals surface area contributed by atoms with Gasteiger partial charge in [0.2, 0.25) is 0 Å². The Morgan fingerprint density at radius 1 is 0.392 bits per heavy atom. The van der Waals surface area contributed by atoms with Gasteiger partial charge in [0.05, 0.1) is 22.4 Å². The Hall–Kier alpha value is -6.84. The van der Waals surface area contributed by atoms with E-state index in [4.69, 9.17) is 4.98 Å². The summed E-state index contributed by atoms with van der Waals surface area (Å²) in [5.41, 5.74) is 12.2. The Balaban J connectivity index is 1.17. The lowest BCUT2D eigenvalue weighted by Gasteiger charge is -2.14. The number of hydrogen-bond donors (Lipinski definition) is 0. The van der Waals surface area contributed by atoms with Crippen LogP contribution in [0.25, 0.3) is 93.8 Å². The van der Waals surface area contributed by atoms with Gasteiger partial charge >= 0.3 is 0 Å². The molecule has 0 atom stereocenters. The average Bonchev–Trinajstić information content (AvgIpc) is 3.57. The SMILES string of the molecule is c1ccc(-c2c(-c3ccccc3)n(-c3ccc4ccccc4c3)c3ccc4cc(-c5ccc(-c6cnc7ccccc7c6)nc5)ccc4c23)cc1. The fraction of sp³-hybridized carbons (Fsp3) is 0. The van der Waals surface area contributed by atoms with E-state index >= 15 is 0 Å². The smallest absolute Gasteiger partial charge is 0.0718 e. The molecule has 3 heteroatoms. The standard InChI is InChI=1S/C48H31N3/c1-3-12-33(13-4-1)46-47-42-24-20-36(39-21-25-44(49-30-39)40-28-38-17-9-10-18-43(38)50-31-40)27-37(42)22-26-45(47)51(48(46)34-14-5-2-6-15-34)41-23-19-32-11-7-8-16-35(32)29-41/h1-31H. The third-order valence-electron chi connectivity index (χ3n) is 10.0. The van der Waals surface area contributed by atoms with Gasteiger partial charge in [-0.05, 0) is 80.7 Å². The lowest BCUT2D eigenvalue weighted by molar-refractivity contribution is 1.14. The highest BCUT2D eigenvalue weighted by Crippen LogP contribution is 2.46. The maximum absolute atomic E-state index is 4.88. The molecule has 7 aromatic carbocycles. The monoisotopic (exact) mass is 649 g/mol. The van der Waals surface area contributed by atoms with Gasteiger partial charge in [0, 0.05) is 45.5 Å². The summed E-state index contributed by atoms with van der Waals surface area (Å²) in [6, 6.07) is 63.0. The summed E-state index contributed by atoms with van der Waals surface area (Å²) in [5, 5.41) is 7.22. The van der Waals surface area contributed by atoms with Crippen LogP contribution < -0.4 is 0 Å². The third-order valence-corrected chi connectivity index (χ3v) is 10.0. The molecule has 238 valence electrons. The molecule has 10 aromatic rings. The van der Waals surface area contributed by atoms with Crippen LogP contribution in [0, 0.1) is 0 Å². The summed E-state index contributed by atoms with van der Waals surface area (Å²) in [6.07, 6.45) is 3.88. The van der Waals surface area contributed by atoms with Gasteiger partial charge in [-0.2, -0.15) is 0 Å². The van der Waals surface area contributed by atoms with Gasteiger partial charge in [-0.1, -0.05) is 133 Å². The lowest BCUT2D eigenvalue weighted by Crippen LogP contribution is -1.97.